The minimum absolute atomic E-state index is 0.288. The lowest BCUT2D eigenvalue weighted by Gasteiger charge is -2.30. The molecule has 2 aromatic rings. The SMILES string of the molecule is COc1ccc2nc(CCCl)n(C3CCOC(C)C3)c2c1. The van der Waals surface area contributed by atoms with Crippen molar-refractivity contribution in [1.82, 2.24) is 9.55 Å². The van der Waals surface area contributed by atoms with Gasteiger partial charge in [0, 0.05) is 31.0 Å². The van der Waals surface area contributed by atoms with E-state index in [0.717, 1.165) is 48.5 Å². The second kappa shape index (κ2) is 6.24. The maximum atomic E-state index is 5.96. The van der Waals surface area contributed by atoms with E-state index in [9.17, 15) is 0 Å². The highest BCUT2D eigenvalue weighted by atomic mass is 35.5. The van der Waals surface area contributed by atoms with E-state index in [4.69, 9.17) is 26.1 Å². The predicted octanol–water partition coefficient (Wildman–Crippen LogP) is 3.57. The molecule has 114 valence electrons. The number of rotatable bonds is 4. The molecule has 2 heterocycles. The number of aryl methyl sites for hydroxylation is 1. The fourth-order valence-corrected chi connectivity index (χ4v) is 3.30. The third-order valence-electron chi connectivity index (χ3n) is 4.11. The van der Waals surface area contributed by atoms with Gasteiger partial charge in [0.05, 0.1) is 24.2 Å². The fraction of sp³-hybridized carbons (Fsp3) is 0.562. The standard InChI is InChI=1S/C16H21ClN2O2/c1-11-9-12(6-8-21-11)19-15-10-13(20-2)3-4-14(15)18-16(19)5-7-17/h3-4,10-12H,5-9H2,1-2H3. The molecule has 1 saturated heterocycles. The van der Waals surface area contributed by atoms with Crippen LogP contribution in [0.4, 0.5) is 0 Å². The maximum Gasteiger partial charge on any atom is 0.121 e. The molecule has 1 aliphatic heterocycles. The van der Waals surface area contributed by atoms with Crippen LogP contribution in [-0.4, -0.2) is 35.3 Å². The Morgan fingerprint density at radius 3 is 3.05 bits per heavy atom. The van der Waals surface area contributed by atoms with Gasteiger partial charge in [0.25, 0.3) is 0 Å². The van der Waals surface area contributed by atoms with Gasteiger partial charge >= 0.3 is 0 Å². The maximum absolute atomic E-state index is 5.96. The van der Waals surface area contributed by atoms with Crippen LogP contribution in [0.2, 0.25) is 0 Å². The van der Waals surface area contributed by atoms with Gasteiger partial charge in [-0.05, 0) is 31.9 Å². The van der Waals surface area contributed by atoms with Gasteiger partial charge < -0.3 is 14.0 Å². The quantitative estimate of drug-likeness (QED) is 0.810. The summed E-state index contributed by atoms with van der Waals surface area (Å²) in [6, 6.07) is 6.46. The molecule has 21 heavy (non-hydrogen) atoms. The Balaban J connectivity index is 2.09. The van der Waals surface area contributed by atoms with Gasteiger partial charge in [-0.25, -0.2) is 4.98 Å². The zero-order valence-electron chi connectivity index (χ0n) is 12.5. The predicted molar refractivity (Wildman–Crippen MR) is 84.4 cm³/mol. The summed E-state index contributed by atoms with van der Waals surface area (Å²) in [6.07, 6.45) is 3.10. The lowest BCUT2D eigenvalue weighted by atomic mass is 10.0. The Hall–Kier alpha value is -1.26. The third kappa shape index (κ3) is 2.87. The summed E-state index contributed by atoms with van der Waals surface area (Å²) < 4.78 is 13.4. The number of nitrogens with zero attached hydrogens (tertiary/aromatic N) is 2. The van der Waals surface area contributed by atoms with E-state index < -0.39 is 0 Å². The molecule has 0 bridgehead atoms. The molecule has 0 radical (unpaired) electrons. The van der Waals surface area contributed by atoms with E-state index in [-0.39, 0.29) is 6.10 Å². The molecule has 2 atom stereocenters. The lowest BCUT2D eigenvalue weighted by molar-refractivity contribution is 0.00625. The minimum Gasteiger partial charge on any atom is -0.497 e. The van der Waals surface area contributed by atoms with Crippen molar-refractivity contribution in [3.63, 3.8) is 0 Å². The highest BCUT2D eigenvalue weighted by molar-refractivity contribution is 6.17. The van der Waals surface area contributed by atoms with Crippen LogP contribution in [0.15, 0.2) is 18.2 Å². The Labute approximate surface area is 130 Å². The molecule has 1 aliphatic rings. The van der Waals surface area contributed by atoms with Crippen LogP contribution in [0, 0.1) is 0 Å². The van der Waals surface area contributed by atoms with E-state index in [0.29, 0.717) is 11.9 Å². The molecule has 1 fully saturated rings. The molecule has 0 amide bonds. The summed E-state index contributed by atoms with van der Waals surface area (Å²) in [5.74, 6) is 2.51. The molecule has 5 heteroatoms. The van der Waals surface area contributed by atoms with Crippen LogP contribution >= 0.6 is 11.6 Å². The number of imidazole rings is 1. The molecule has 0 spiro atoms. The van der Waals surface area contributed by atoms with Gasteiger partial charge in [0.15, 0.2) is 0 Å². The average Bonchev–Trinajstić information content (AvgIpc) is 2.84. The van der Waals surface area contributed by atoms with Crippen LogP contribution in [0.5, 0.6) is 5.75 Å². The van der Waals surface area contributed by atoms with Gasteiger partial charge in [0.1, 0.15) is 11.6 Å². The molecule has 1 aromatic heterocycles. The van der Waals surface area contributed by atoms with Crippen LogP contribution in [0.1, 0.15) is 31.6 Å². The number of fused-ring (bicyclic) bond motifs is 1. The zero-order chi connectivity index (χ0) is 14.8. The Morgan fingerprint density at radius 1 is 1.48 bits per heavy atom. The van der Waals surface area contributed by atoms with E-state index in [1.54, 1.807) is 7.11 Å². The number of hydrogen-bond acceptors (Lipinski definition) is 3. The first kappa shape index (κ1) is 14.7. The molecule has 0 aliphatic carbocycles. The van der Waals surface area contributed by atoms with Crippen molar-refractivity contribution < 1.29 is 9.47 Å². The third-order valence-corrected chi connectivity index (χ3v) is 4.30. The number of alkyl halides is 1. The molecule has 1 aromatic carbocycles. The van der Waals surface area contributed by atoms with E-state index >= 15 is 0 Å². The van der Waals surface area contributed by atoms with Gasteiger partial charge in [-0.15, -0.1) is 11.6 Å². The van der Waals surface area contributed by atoms with Crippen molar-refractivity contribution in [2.24, 2.45) is 0 Å². The van der Waals surface area contributed by atoms with Gasteiger partial charge in [-0.1, -0.05) is 0 Å². The second-order valence-corrected chi connectivity index (χ2v) is 5.93. The first-order valence-corrected chi connectivity index (χ1v) is 7.98. The van der Waals surface area contributed by atoms with E-state index in [1.165, 1.54) is 0 Å². The molecule has 2 unspecified atom stereocenters. The summed E-state index contributed by atoms with van der Waals surface area (Å²) >= 11 is 5.96. The lowest BCUT2D eigenvalue weighted by Crippen LogP contribution is -2.26. The largest absolute Gasteiger partial charge is 0.497 e. The van der Waals surface area contributed by atoms with Crippen molar-refractivity contribution in [1.29, 1.82) is 0 Å². The summed E-state index contributed by atoms with van der Waals surface area (Å²) in [5.41, 5.74) is 2.14. The van der Waals surface area contributed by atoms with E-state index in [1.807, 2.05) is 12.1 Å². The topological polar surface area (TPSA) is 36.3 Å². The number of benzene rings is 1. The molecule has 3 rings (SSSR count). The molecular formula is C16H21ClN2O2. The van der Waals surface area contributed by atoms with Crippen molar-refractivity contribution in [2.45, 2.75) is 38.3 Å². The van der Waals surface area contributed by atoms with Crippen LogP contribution < -0.4 is 4.74 Å². The van der Waals surface area contributed by atoms with Crippen molar-refractivity contribution in [3.8, 4) is 5.75 Å². The summed E-state index contributed by atoms with van der Waals surface area (Å²) in [4.78, 5) is 4.76. The van der Waals surface area contributed by atoms with Crippen LogP contribution in [0.3, 0.4) is 0 Å². The number of hydrogen-bond donors (Lipinski definition) is 0. The number of ether oxygens (including phenoxy) is 2. The molecule has 4 nitrogen and oxygen atoms in total. The first-order valence-electron chi connectivity index (χ1n) is 7.45. The molecular weight excluding hydrogens is 288 g/mol. The van der Waals surface area contributed by atoms with Crippen LogP contribution in [0.25, 0.3) is 11.0 Å². The Morgan fingerprint density at radius 2 is 2.33 bits per heavy atom. The smallest absolute Gasteiger partial charge is 0.121 e. The fourth-order valence-electron chi connectivity index (χ4n) is 3.13. The molecule has 0 N–H and O–H groups in total. The minimum atomic E-state index is 0.288. The average molecular weight is 309 g/mol. The molecule has 0 saturated carbocycles. The summed E-state index contributed by atoms with van der Waals surface area (Å²) in [7, 11) is 1.69. The van der Waals surface area contributed by atoms with Gasteiger partial charge in [0.2, 0.25) is 0 Å². The highest BCUT2D eigenvalue weighted by Gasteiger charge is 2.25. The normalized spacial score (nSPS) is 22.6. The van der Waals surface area contributed by atoms with Crippen molar-refractivity contribution >= 4 is 22.6 Å². The summed E-state index contributed by atoms with van der Waals surface area (Å²) in [5, 5.41) is 0. The first-order chi connectivity index (χ1) is 10.2. The van der Waals surface area contributed by atoms with E-state index in [2.05, 4.69) is 17.6 Å². The highest BCUT2D eigenvalue weighted by Crippen LogP contribution is 2.32. The number of aromatic nitrogens is 2. The number of halogens is 1. The van der Waals surface area contributed by atoms with Crippen molar-refractivity contribution in [3.05, 3.63) is 24.0 Å². The van der Waals surface area contributed by atoms with Gasteiger partial charge in [-0.2, -0.15) is 0 Å². The monoisotopic (exact) mass is 308 g/mol. The second-order valence-electron chi connectivity index (χ2n) is 5.55. The van der Waals surface area contributed by atoms with Crippen molar-refractivity contribution in [2.75, 3.05) is 19.6 Å². The zero-order valence-corrected chi connectivity index (χ0v) is 13.3. The Kier molecular flexibility index (Phi) is 4.36. The summed E-state index contributed by atoms with van der Waals surface area (Å²) in [6.45, 7) is 2.93. The van der Waals surface area contributed by atoms with Crippen LogP contribution in [-0.2, 0) is 11.2 Å². The Bertz CT molecular complexity index is 626. The van der Waals surface area contributed by atoms with Gasteiger partial charge in [-0.3, -0.25) is 0 Å². The number of methoxy groups -OCH3 is 1.